The molecule has 0 saturated heterocycles. The molecule has 0 fully saturated rings. The van der Waals surface area contributed by atoms with Crippen molar-refractivity contribution < 1.29 is 14.3 Å². The quantitative estimate of drug-likeness (QED) is 0.793. The van der Waals surface area contributed by atoms with Gasteiger partial charge in [-0.05, 0) is 40.5 Å². The van der Waals surface area contributed by atoms with E-state index in [0.29, 0.717) is 18.9 Å². The van der Waals surface area contributed by atoms with Gasteiger partial charge in [-0.15, -0.1) is 0 Å². The first-order chi connectivity index (χ1) is 9.06. The molecule has 1 aromatic rings. The molecule has 3 N–H and O–H groups in total. The van der Waals surface area contributed by atoms with Crippen molar-refractivity contribution in [1.29, 1.82) is 0 Å². The summed E-state index contributed by atoms with van der Waals surface area (Å²) in [5.74, 6) is 0.436. The molecule has 1 aromatic carbocycles. The second-order valence-corrected chi connectivity index (χ2v) is 5.04. The summed E-state index contributed by atoms with van der Waals surface area (Å²) in [6, 6.07) is 5.49. The monoisotopic (exact) mass is 330 g/mol. The highest BCUT2D eigenvalue weighted by atomic mass is 79.9. The van der Waals surface area contributed by atoms with Gasteiger partial charge in [0.2, 0.25) is 0 Å². The van der Waals surface area contributed by atoms with Gasteiger partial charge in [0, 0.05) is 19.7 Å². The Hall–Kier alpha value is -1.11. The summed E-state index contributed by atoms with van der Waals surface area (Å²) in [7, 11) is 1.59. The van der Waals surface area contributed by atoms with Crippen LogP contribution in [-0.4, -0.2) is 32.3 Å². The topological polar surface area (TPSA) is 73.6 Å². The molecule has 0 aliphatic carbocycles. The van der Waals surface area contributed by atoms with Gasteiger partial charge in [0.1, 0.15) is 5.75 Å². The molecule has 0 aromatic heterocycles. The Kier molecular flexibility index (Phi) is 6.83. The minimum atomic E-state index is -0.181. The van der Waals surface area contributed by atoms with Crippen molar-refractivity contribution in [1.82, 2.24) is 5.32 Å². The van der Waals surface area contributed by atoms with Gasteiger partial charge >= 0.3 is 0 Å². The predicted octanol–water partition coefficient (Wildman–Crippen LogP) is 1.44. The molecule has 5 nitrogen and oxygen atoms in total. The molecule has 1 amide bonds. The summed E-state index contributed by atoms with van der Waals surface area (Å²) in [5, 5.41) is 2.77. The van der Waals surface area contributed by atoms with Crippen LogP contribution in [0.2, 0.25) is 0 Å². The molecule has 0 aliphatic rings. The summed E-state index contributed by atoms with van der Waals surface area (Å²) in [5.41, 5.74) is 6.53. The Morgan fingerprint density at radius 2 is 2.26 bits per heavy atom. The normalized spacial score (nSPS) is 12.0. The molecule has 0 radical (unpaired) electrons. The van der Waals surface area contributed by atoms with E-state index in [2.05, 4.69) is 21.2 Å². The molecule has 0 saturated carbocycles. The third-order valence-electron chi connectivity index (χ3n) is 2.41. The first-order valence-electron chi connectivity index (χ1n) is 5.96. The minimum Gasteiger partial charge on any atom is -0.483 e. The summed E-state index contributed by atoms with van der Waals surface area (Å²) in [6.07, 6.45) is 0. The lowest BCUT2D eigenvalue weighted by atomic mass is 10.2. The smallest absolute Gasteiger partial charge is 0.258 e. The largest absolute Gasteiger partial charge is 0.483 e. The Bertz CT molecular complexity index is 426. The standard InChI is InChI=1S/C13H19BrN2O3/c1-9(7-18-2)16-13(17)8-19-12-4-3-10(6-15)5-11(12)14/h3-5,9H,6-8,15H2,1-2H3,(H,16,17). The Balaban J connectivity index is 2.46. The number of carbonyl (C=O) groups is 1. The third-order valence-corrected chi connectivity index (χ3v) is 3.03. The van der Waals surface area contributed by atoms with E-state index in [1.54, 1.807) is 13.2 Å². The number of ether oxygens (including phenoxy) is 2. The van der Waals surface area contributed by atoms with Gasteiger partial charge < -0.3 is 20.5 Å². The van der Waals surface area contributed by atoms with Crippen LogP contribution in [0.5, 0.6) is 5.75 Å². The highest BCUT2D eigenvalue weighted by molar-refractivity contribution is 9.10. The van der Waals surface area contributed by atoms with E-state index in [0.717, 1.165) is 10.0 Å². The predicted molar refractivity (Wildman–Crippen MR) is 77.0 cm³/mol. The fraction of sp³-hybridized carbons (Fsp3) is 0.462. The lowest BCUT2D eigenvalue weighted by molar-refractivity contribution is -0.124. The van der Waals surface area contributed by atoms with Gasteiger partial charge in [-0.1, -0.05) is 6.07 Å². The van der Waals surface area contributed by atoms with Crippen molar-refractivity contribution >= 4 is 21.8 Å². The van der Waals surface area contributed by atoms with Crippen molar-refractivity contribution in [3.63, 3.8) is 0 Å². The first kappa shape index (κ1) is 15.9. The number of amides is 1. The number of carbonyl (C=O) groups excluding carboxylic acids is 1. The van der Waals surface area contributed by atoms with Gasteiger partial charge in [0.25, 0.3) is 5.91 Å². The number of nitrogens with two attached hydrogens (primary N) is 1. The third kappa shape index (κ3) is 5.59. The maximum atomic E-state index is 11.6. The molecule has 1 rings (SSSR count). The number of hydrogen-bond acceptors (Lipinski definition) is 4. The van der Waals surface area contributed by atoms with Gasteiger partial charge in [-0.3, -0.25) is 4.79 Å². The number of methoxy groups -OCH3 is 1. The van der Waals surface area contributed by atoms with Crippen LogP contribution in [0.1, 0.15) is 12.5 Å². The lowest BCUT2D eigenvalue weighted by Crippen LogP contribution is -2.38. The van der Waals surface area contributed by atoms with Crippen molar-refractivity contribution in [3.8, 4) is 5.75 Å². The summed E-state index contributed by atoms with van der Waals surface area (Å²) in [4.78, 5) is 11.6. The second kappa shape index (κ2) is 8.14. The van der Waals surface area contributed by atoms with Crippen LogP contribution in [0.3, 0.4) is 0 Å². The average Bonchev–Trinajstić information content (AvgIpc) is 2.37. The van der Waals surface area contributed by atoms with E-state index < -0.39 is 0 Å². The van der Waals surface area contributed by atoms with Crippen LogP contribution in [0, 0.1) is 0 Å². The molecule has 0 bridgehead atoms. The molecule has 0 heterocycles. The van der Waals surface area contributed by atoms with E-state index in [4.69, 9.17) is 15.2 Å². The highest BCUT2D eigenvalue weighted by Crippen LogP contribution is 2.25. The van der Waals surface area contributed by atoms with E-state index in [1.165, 1.54) is 0 Å². The Morgan fingerprint density at radius 3 is 2.84 bits per heavy atom. The number of rotatable bonds is 7. The van der Waals surface area contributed by atoms with Gasteiger partial charge in [0.15, 0.2) is 6.61 Å². The van der Waals surface area contributed by atoms with E-state index in [1.807, 2.05) is 19.1 Å². The number of hydrogen-bond donors (Lipinski definition) is 2. The van der Waals surface area contributed by atoms with Crippen LogP contribution in [-0.2, 0) is 16.1 Å². The van der Waals surface area contributed by atoms with Crippen LogP contribution < -0.4 is 15.8 Å². The van der Waals surface area contributed by atoms with Crippen LogP contribution in [0.15, 0.2) is 22.7 Å². The summed E-state index contributed by atoms with van der Waals surface area (Å²) in [6.45, 7) is 2.77. The fourth-order valence-electron chi connectivity index (χ4n) is 1.54. The van der Waals surface area contributed by atoms with Crippen molar-refractivity contribution in [3.05, 3.63) is 28.2 Å². The minimum absolute atomic E-state index is 0.0331. The first-order valence-corrected chi connectivity index (χ1v) is 6.75. The Labute approximate surface area is 121 Å². The van der Waals surface area contributed by atoms with Gasteiger partial charge in [-0.25, -0.2) is 0 Å². The average molecular weight is 331 g/mol. The Morgan fingerprint density at radius 1 is 1.53 bits per heavy atom. The molecule has 19 heavy (non-hydrogen) atoms. The number of halogens is 1. The maximum absolute atomic E-state index is 11.6. The van der Waals surface area contributed by atoms with E-state index in [-0.39, 0.29) is 18.6 Å². The SMILES string of the molecule is COCC(C)NC(=O)COc1ccc(CN)cc1Br. The molecule has 106 valence electrons. The van der Waals surface area contributed by atoms with E-state index >= 15 is 0 Å². The fourth-order valence-corrected chi connectivity index (χ4v) is 2.08. The molecule has 6 heteroatoms. The highest BCUT2D eigenvalue weighted by Gasteiger charge is 2.09. The van der Waals surface area contributed by atoms with Crippen LogP contribution in [0.4, 0.5) is 0 Å². The van der Waals surface area contributed by atoms with Crippen LogP contribution >= 0.6 is 15.9 Å². The second-order valence-electron chi connectivity index (χ2n) is 4.18. The van der Waals surface area contributed by atoms with Gasteiger partial charge in [-0.2, -0.15) is 0 Å². The molecule has 0 aliphatic heterocycles. The summed E-state index contributed by atoms with van der Waals surface area (Å²) >= 11 is 3.38. The molecular formula is C13H19BrN2O3. The maximum Gasteiger partial charge on any atom is 0.258 e. The molecule has 1 unspecified atom stereocenters. The van der Waals surface area contributed by atoms with Crippen molar-refractivity contribution in [2.24, 2.45) is 5.73 Å². The molecule has 0 spiro atoms. The zero-order valence-electron chi connectivity index (χ0n) is 11.1. The van der Waals surface area contributed by atoms with Crippen molar-refractivity contribution in [2.45, 2.75) is 19.5 Å². The van der Waals surface area contributed by atoms with Crippen molar-refractivity contribution in [2.75, 3.05) is 20.3 Å². The lowest BCUT2D eigenvalue weighted by Gasteiger charge is -2.14. The zero-order chi connectivity index (χ0) is 14.3. The zero-order valence-corrected chi connectivity index (χ0v) is 12.7. The van der Waals surface area contributed by atoms with E-state index in [9.17, 15) is 4.79 Å². The van der Waals surface area contributed by atoms with Gasteiger partial charge in [0.05, 0.1) is 11.1 Å². The molecule has 1 atom stereocenters. The van der Waals surface area contributed by atoms with Crippen LogP contribution in [0.25, 0.3) is 0 Å². The number of nitrogens with one attached hydrogen (secondary N) is 1. The number of benzene rings is 1. The summed E-state index contributed by atoms with van der Waals surface area (Å²) < 4.78 is 11.2. The molecular weight excluding hydrogens is 312 g/mol.